The smallest absolute Gasteiger partial charge is 0.270 e. The number of carbonyl (C=O) groups is 2. The number of nitro groups is 1. The number of amides is 2. The molecule has 140 valence electrons. The van der Waals surface area contributed by atoms with E-state index in [1.807, 2.05) is 0 Å². The molecule has 3 rings (SSSR count). The van der Waals surface area contributed by atoms with Crippen molar-refractivity contribution in [1.82, 2.24) is 5.32 Å². The molecule has 8 nitrogen and oxygen atoms in total. The van der Waals surface area contributed by atoms with Crippen LogP contribution in [0.3, 0.4) is 0 Å². The number of carbonyl (C=O) groups excluding carboxylic acids is 2. The molecule has 0 saturated heterocycles. The van der Waals surface area contributed by atoms with E-state index in [9.17, 15) is 19.7 Å². The molecule has 1 saturated carbocycles. The molecular weight excluding hydrogens is 348 g/mol. The summed E-state index contributed by atoms with van der Waals surface area (Å²) in [6, 6.07) is 11.0. The highest BCUT2D eigenvalue weighted by Gasteiger charge is 2.23. The molecule has 0 aromatic heterocycles. The second kappa shape index (κ2) is 7.45. The molecule has 0 bridgehead atoms. The van der Waals surface area contributed by atoms with Gasteiger partial charge in [0.2, 0.25) is 0 Å². The van der Waals surface area contributed by atoms with Crippen LogP contribution in [0, 0.1) is 10.1 Å². The fraction of sp³-hybridized carbons (Fsp3) is 0.263. The number of anilines is 2. The van der Waals surface area contributed by atoms with Crippen molar-refractivity contribution in [1.29, 1.82) is 0 Å². The fourth-order valence-corrected chi connectivity index (χ4v) is 2.61. The third-order valence-electron chi connectivity index (χ3n) is 4.23. The molecule has 1 aliphatic rings. The number of hydrogen-bond donors (Lipinski definition) is 2. The maximum atomic E-state index is 12.6. The lowest BCUT2D eigenvalue weighted by Gasteiger charge is -2.17. The minimum atomic E-state index is -0.538. The zero-order chi connectivity index (χ0) is 19.6. The van der Waals surface area contributed by atoms with Gasteiger partial charge in [0.15, 0.2) is 0 Å². The molecule has 0 heterocycles. The molecule has 0 aliphatic heterocycles. The van der Waals surface area contributed by atoms with E-state index in [4.69, 9.17) is 0 Å². The largest absolute Gasteiger partial charge is 0.377 e. The third-order valence-corrected chi connectivity index (χ3v) is 4.23. The van der Waals surface area contributed by atoms with Crippen LogP contribution in [0.4, 0.5) is 17.1 Å². The molecule has 2 N–H and O–H groups in total. The number of hydrogen-bond acceptors (Lipinski definition) is 5. The molecule has 2 aromatic carbocycles. The number of nitrogens with zero attached hydrogens (tertiary/aromatic N) is 2. The van der Waals surface area contributed by atoms with Crippen molar-refractivity contribution < 1.29 is 14.5 Å². The van der Waals surface area contributed by atoms with Crippen molar-refractivity contribution in [2.75, 3.05) is 24.3 Å². The van der Waals surface area contributed by atoms with Crippen LogP contribution >= 0.6 is 0 Å². The monoisotopic (exact) mass is 368 g/mol. The fourth-order valence-electron chi connectivity index (χ4n) is 2.61. The standard InChI is InChI=1S/C19H20N4O4/c1-22(2)17-10-9-15(23(26)27)11-16(17)19(25)21-13-5-3-12(4-6-13)18(24)20-14-7-8-14/h3-6,9-11,14H,7-8H2,1-2H3,(H,20,24)(H,21,25). The van der Waals surface area contributed by atoms with Gasteiger partial charge in [-0.1, -0.05) is 0 Å². The summed E-state index contributed by atoms with van der Waals surface area (Å²) in [4.78, 5) is 36.8. The number of rotatable bonds is 6. The van der Waals surface area contributed by atoms with Crippen molar-refractivity contribution in [2.24, 2.45) is 0 Å². The van der Waals surface area contributed by atoms with E-state index in [0.29, 0.717) is 16.9 Å². The van der Waals surface area contributed by atoms with Gasteiger partial charge in [-0.2, -0.15) is 0 Å². The molecule has 0 spiro atoms. The van der Waals surface area contributed by atoms with Crippen LogP contribution in [-0.4, -0.2) is 36.9 Å². The first kappa shape index (κ1) is 18.4. The van der Waals surface area contributed by atoms with Crippen LogP contribution in [0.25, 0.3) is 0 Å². The molecule has 0 radical (unpaired) electrons. The van der Waals surface area contributed by atoms with Gasteiger partial charge in [-0.05, 0) is 43.2 Å². The van der Waals surface area contributed by atoms with Crippen molar-refractivity contribution in [3.63, 3.8) is 0 Å². The first-order valence-electron chi connectivity index (χ1n) is 8.53. The Labute approximate surface area is 156 Å². The van der Waals surface area contributed by atoms with Crippen LogP contribution in [0.5, 0.6) is 0 Å². The Balaban J connectivity index is 1.77. The van der Waals surface area contributed by atoms with Crippen LogP contribution in [0.15, 0.2) is 42.5 Å². The highest BCUT2D eigenvalue weighted by Crippen LogP contribution is 2.25. The van der Waals surface area contributed by atoms with E-state index in [0.717, 1.165) is 12.8 Å². The van der Waals surface area contributed by atoms with Crippen molar-refractivity contribution in [3.05, 3.63) is 63.7 Å². The Morgan fingerprint density at radius 1 is 1.07 bits per heavy atom. The van der Waals surface area contributed by atoms with Gasteiger partial charge in [0, 0.05) is 49.2 Å². The summed E-state index contributed by atoms with van der Waals surface area (Å²) in [6.45, 7) is 0. The molecule has 2 aromatic rings. The van der Waals surface area contributed by atoms with E-state index < -0.39 is 10.8 Å². The summed E-state index contributed by atoms with van der Waals surface area (Å²) < 4.78 is 0. The minimum Gasteiger partial charge on any atom is -0.377 e. The van der Waals surface area contributed by atoms with Gasteiger partial charge < -0.3 is 15.5 Å². The molecule has 1 aliphatic carbocycles. The minimum absolute atomic E-state index is 0.135. The number of nitro benzene ring substituents is 1. The van der Waals surface area contributed by atoms with E-state index in [1.54, 1.807) is 49.3 Å². The molecule has 8 heteroatoms. The van der Waals surface area contributed by atoms with Gasteiger partial charge in [0.1, 0.15) is 0 Å². The van der Waals surface area contributed by atoms with Gasteiger partial charge in [-0.3, -0.25) is 19.7 Å². The first-order valence-corrected chi connectivity index (χ1v) is 8.53. The Bertz CT molecular complexity index is 889. The molecule has 0 unspecified atom stereocenters. The van der Waals surface area contributed by atoms with Crippen molar-refractivity contribution >= 4 is 28.9 Å². The highest BCUT2D eigenvalue weighted by atomic mass is 16.6. The predicted octanol–water partition coefficient (Wildman–Crippen LogP) is 2.81. The molecule has 27 heavy (non-hydrogen) atoms. The van der Waals surface area contributed by atoms with E-state index >= 15 is 0 Å². The van der Waals surface area contributed by atoms with Crippen LogP contribution in [0.1, 0.15) is 33.6 Å². The first-order chi connectivity index (χ1) is 12.8. The van der Waals surface area contributed by atoms with Gasteiger partial charge in [0.25, 0.3) is 17.5 Å². The Hall–Kier alpha value is -3.42. The SMILES string of the molecule is CN(C)c1ccc([N+](=O)[O-])cc1C(=O)Nc1ccc(C(=O)NC2CC2)cc1. The second-order valence-corrected chi connectivity index (χ2v) is 6.63. The lowest BCUT2D eigenvalue weighted by atomic mass is 10.1. The average Bonchev–Trinajstić information content (AvgIpc) is 3.45. The lowest BCUT2D eigenvalue weighted by molar-refractivity contribution is -0.384. The lowest BCUT2D eigenvalue weighted by Crippen LogP contribution is -2.25. The molecule has 0 atom stereocenters. The van der Waals surface area contributed by atoms with Gasteiger partial charge in [-0.15, -0.1) is 0 Å². The van der Waals surface area contributed by atoms with E-state index in [1.165, 1.54) is 12.1 Å². The van der Waals surface area contributed by atoms with Gasteiger partial charge >= 0.3 is 0 Å². The van der Waals surface area contributed by atoms with Crippen molar-refractivity contribution in [3.8, 4) is 0 Å². The maximum Gasteiger partial charge on any atom is 0.270 e. The number of nitrogens with one attached hydrogen (secondary N) is 2. The zero-order valence-corrected chi connectivity index (χ0v) is 15.1. The summed E-state index contributed by atoms with van der Waals surface area (Å²) in [5.74, 6) is -0.596. The average molecular weight is 368 g/mol. The predicted molar refractivity (Wildman–Crippen MR) is 102 cm³/mol. The van der Waals surface area contributed by atoms with E-state index in [2.05, 4.69) is 10.6 Å². The Morgan fingerprint density at radius 2 is 1.74 bits per heavy atom. The quantitative estimate of drug-likeness (QED) is 0.603. The van der Waals surface area contributed by atoms with Crippen LogP contribution < -0.4 is 15.5 Å². The van der Waals surface area contributed by atoms with E-state index in [-0.39, 0.29) is 23.2 Å². The van der Waals surface area contributed by atoms with Gasteiger partial charge in [0.05, 0.1) is 10.5 Å². The zero-order valence-electron chi connectivity index (χ0n) is 15.1. The molecular formula is C19H20N4O4. The molecule has 2 amide bonds. The maximum absolute atomic E-state index is 12.6. The summed E-state index contributed by atoms with van der Waals surface area (Å²) >= 11 is 0. The van der Waals surface area contributed by atoms with Gasteiger partial charge in [-0.25, -0.2) is 0 Å². The summed E-state index contributed by atoms with van der Waals surface area (Å²) in [7, 11) is 3.51. The Morgan fingerprint density at radius 3 is 2.30 bits per heavy atom. The third kappa shape index (κ3) is 4.41. The Kier molecular flexibility index (Phi) is 5.07. The summed E-state index contributed by atoms with van der Waals surface area (Å²) in [6.07, 6.45) is 2.02. The molecule has 1 fully saturated rings. The normalized spacial score (nSPS) is 13.0. The number of benzene rings is 2. The topological polar surface area (TPSA) is 105 Å². The highest BCUT2D eigenvalue weighted by molar-refractivity contribution is 6.08. The number of non-ortho nitro benzene ring substituents is 1. The van der Waals surface area contributed by atoms with Crippen LogP contribution in [0.2, 0.25) is 0 Å². The summed E-state index contributed by atoms with van der Waals surface area (Å²) in [5.41, 5.74) is 1.63. The van der Waals surface area contributed by atoms with Crippen molar-refractivity contribution in [2.45, 2.75) is 18.9 Å². The second-order valence-electron chi connectivity index (χ2n) is 6.63. The van der Waals surface area contributed by atoms with Crippen LogP contribution in [-0.2, 0) is 0 Å². The summed E-state index contributed by atoms with van der Waals surface area (Å²) in [5, 5.41) is 16.6.